The predicted octanol–water partition coefficient (Wildman–Crippen LogP) is 3.02. The number of hydrogen-bond acceptors (Lipinski definition) is 5. The first-order valence-electron chi connectivity index (χ1n) is 8.45. The molecule has 3 N–H and O–H groups in total. The van der Waals surface area contributed by atoms with Gasteiger partial charge in [0, 0.05) is 11.3 Å². The average molecular weight is 392 g/mol. The molecule has 8 heteroatoms. The minimum atomic E-state index is -3.77. The number of nitrogens with two attached hydrogens (primary N) is 1. The summed E-state index contributed by atoms with van der Waals surface area (Å²) in [6.45, 7) is 4.79. The van der Waals surface area contributed by atoms with Crippen LogP contribution in [-0.4, -0.2) is 28.0 Å². The number of carbonyl (C=O) groups excluding carboxylic acids is 1. The predicted molar refractivity (Wildman–Crippen MR) is 104 cm³/mol. The molecule has 7 nitrogen and oxygen atoms in total. The Bertz CT molecular complexity index is 893. The minimum absolute atomic E-state index is 0.0231. The molecule has 2 aromatic rings. The Balaban J connectivity index is 2.09. The fourth-order valence-corrected chi connectivity index (χ4v) is 2.78. The summed E-state index contributed by atoms with van der Waals surface area (Å²) < 4.78 is 33.6. The number of rotatable bonds is 8. The van der Waals surface area contributed by atoms with Gasteiger partial charge in [-0.2, -0.15) is 0 Å². The van der Waals surface area contributed by atoms with Crippen molar-refractivity contribution < 1.29 is 22.7 Å². The molecule has 0 unspecified atom stereocenters. The highest BCUT2D eigenvalue weighted by molar-refractivity contribution is 7.89. The highest BCUT2D eigenvalue weighted by Gasteiger charge is 2.13. The average Bonchev–Trinajstić information content (AvgIpc) is 2.61. The van der Waals surface area contributed by atoms with Gasteiger partial charge < -0.3 is 14.8 Å². The van der Waals surface area contributed by atoms with Crippen molar-refractivity contribution >= 4 is 21.6 Å². The van der Waals surface area contributed by atoms with Gasteiger partial charge in [-0.25, -0.2) is 13.6 Å². The summed E-state index contributed by atoms with van der Waals surface area (Å²) in [5, 5.41) is 7.75. The number of amides is 1. The fourth-order valence-electron chi connectivity index (χ4n) is 2.26. The first kappa shape index (κ1) is 20.7. The molecule has 2 rings (SSSR count). The van der Waals surface area contributed by atoms with Crippen LogP contribution in [0.4, 0.5) is 5.69 Å². The standard InChI is InChI=1S/C19H24N2O5S/c1-13(2)10-11-26-17-9-4-14(12-18(17)25-3)19(22)21-15-5-7-16(8-6-15)27(20,23)24/h4-9,12-13H,10-11H2,1-3H3,(H,21,22)(H2,20,23,24). The van der Waals surface area contributed by atoms with E-state index in [4.69, 9.17) is 14.6 Å². The van der Waals surface area contributed by atoms with Crippen molar-refractivity contribution in [2.45, 2.75) is 25.2 Å². The zero-order valence-corrected chi connectivity index (χ0v) is 16.4. The zero-order valence-electron chi connectivity index (χ0n) is 15.6. The lowest BCUT2D eigenvalue weighted by Gasteiger charge is -2.13. The zero-order chi connectivity index (χ0) is 20.0. The Morgan fingerprint density at radius 1 is 1.11 bits per heavy atom. The fraction of sp³-hybridized carbons (Fsp3) is 0.316. The second kappa shape index (κ2) is 8.88. The van der Waals surface area contributed by atoms with E-state index in [0.717, 1.165) is 6.42 Å². The SMILES string of the molecule is COc1cc(C(=O)Nc2ccc(S(N)(=O)=O)cc2)ccc1OCCC(C)C. The van der Waals surface area contributed by atoms with Gasteiger partial charge >= 0.3 is 0 Å². The van der Waals surface area contributed by atoms with Crippen LogP contribution < -0.4 is 19.9 Å². The van der Waals surface area contributed by atoms with E-state index in [0.29, 0.717) is 35.3 Å². The third kappa shape index (κ3) is 5.97. The van der Waals surface area contributed by atoms with Gasteiger partial charge in [-0.05, 0) is 54.8 Å². The molecule has 0 saturated heterocycles. The van der Waals surface area contributed by atoms with Crippen LogP contribution in [0.1, 0.15) is 30.6 Å². The highest BCUT2D eigenvalue weighted by atomic mass is 32.2. The molecule has 0 atom stereocenters. The lowest BCUT2D eigenvalue weighted by Crippen LogP contribution is -2.14. The summed E-state index contributed by atoms with van der Waals surface area (Å²) in [7, 11) is -2.26. The largest absolute Gasteiger partial charge is 0.493 e. The first-order valence-corrected chi connectivity index (χ1v) is 10.0. The summed E-state index contributed by atoms with van der Waals surface area (Å²) >= 11 is 0. The second-order valence-electron chi connectivity index (χ2n) is 6.42. The maximum Gasteiger partial charge on any atom is 0.255 e. The molecule has 0 heterocycles. The molecule has 1 amide bonds. The number of hydrogen-bond donors (Lipinski definition) is 2. The summed E-state index contributed by atoms with van der Waals surface area (Å²) in [4.78, 5) is 12.4. The number of sulfonamides is 1. The number of primary sulfonamides is 1. The lowest BCUT2D eigenvalue weighted by atomic mass is 10.1. The van der Waals surface area contributed by atoms with Crippen molar-refractivity contribution in [3.63, 3.8) is 0 Å². The van der Waals surface area contributed by atoms with E-state index in [2.05, 4.69) is 19.2 Å². The van der Waals surface area contributed by atoms with Gasteiger partial charge in [-0.1, -0.05) is 13.8 Å². The smallest absolute Gasteiger partial charge is 0.255 e. The van der Waals surface area contributed by atoms with Crippen molar-refractivity contribution in [3.8, 4) is 11.5 Å². The molecule has 146 valence electrons. The summed E-state index contributed by atoms with van der Waals surface area (Å²) in [5.41, 5.74) is 0.835. The molecular formula is C19H24N2O5S. The Labute approximate surface area is 159 Å². The molecule has 0 aromatic heterocycles. The summed E-state index contributed by atoms with van der Waals surface area (Å²) in [6, 6.07) is 10.5. The Hall–Kier alpha value is -2.58. The van der Waals surface area contributed by atoms with Crippen LogP contribution in [0.25, 0.3) is 0 Å². The second-order valence-corrected chi connectivity index (χ2v) is 7.98. The van der Waals surface area contributed by atoms with Crippen LogP contribution in [0.3, 0.4) is 0 Å². The number of methoxy groups -OCH3 is 1. The van der Waals surface area contributed by atoms with E-state index in [9.17, 15) is 13.2 Å². The van der Waals surface area contributed by atoms with Crippen molar-refractivity contribution in [2.75, 3.05) is 19.0 Å². The van der Waals surface area contributed by atoms with Gasteiger partial charge in [-0.3, -0.25) is 4.79 Å². The van der Waals surface area contributed by atoms with Gasteiger partial charge in [0.2, 0.25) is 10.0 Å². The molecular weight excluding hydrogens is 368 g/mol. The molecule has 0 radical (unpaired) electrons. The molecule has 2 aromatic carbocycles. The maximum absolute atomic E-state index is 12.4. The minimum Gasteiger partial charge on any atom is -0.493 e. The quantitative estimate of drug-likeness (QED) is 0.718. The van der Waals surface area contributed by atoms with Gasteiger partial charge in [0.15, 0.2) is 11.5 Å². The van der Waals surface area contributed by atoms with Crippen LogP contribution in [0.2, 0.25) is 0 Å². The van der Waals surface area contributed by atoms with Crippen molar-refractivity contribution in [3.05, 3.63) is 48.0 Å². The number of anilines is 1. The van der Waals surface area contributed by atoms with Gasteiger partial charge in [0.25, 0.3) is 5.91 Å². The molecule has 0 aliphatic carbocycles. The third-order valence-corrected chi connectivity index (χ3v) is 4.75. The monoisotopic (exact) mass is 392 g/mol. The van der Waals surface area contributed by atoms with E-state index in [1.54, 1.807) is 18.2 Å². The Morgan fingerprint density at radius 2 is 1.78 bits per heavy atom. The molecule has 0 aliphatic heterocycles. The van der Waals surface area contributed by atoms with Gasteiger partial charge in [-0.15, -0.1) is 0 Å². The summed E-state index contributed by atoms with van der Waals surface area (Å²) in [5.74, 6) is 1.22. The van der Waals surface area contributed by atoms with Gasteiger partial charge in [0.1, 0.15) is 0 Å². The third-order valence-electron chi connectivity index (χ3n) is 3.82. The van der Waals surface area contributed by atoms with E-state index in [1.165, 1.54) is 31.4 Å². The van der Waals surface area contributed by atoms with Crippen LogP contribution in [0.15, 0.2) is 47.4 Å². The molecule has 0 aliphatic rings. The number of ether oxygens (including phenoxy) is 2. The normalized spacial score (nSPS) is 11.3. The number of nitrogens with one attached hydrogen (secondary N) is 1. The van der Waals surface area contributed by atoms with Crippen molar-refractivity contribution in [1.82, 2.24) is 0 Å². The van der Waals surface area contributed by atoms with Gasteiger partial charge in [0.05, 0.1) is 18.6 Å². The van der Waals surface area contributed by atoms with Crippen LogP contribution in [0.5, 0.6) is 11.5 Å². The first-order chi connectivity index (χ1) is 12.7. The van der Waals surface area contributed by atoms with Crippen molar-refractivity contribution in [1.29, 1.82) is 0 Å². The summed E-state index contributed by atoms with van der Waals surface area (Å²) in [6.07, 6.45) is 0.917. The van der Waals surface area contributed by atoms with E-state index in [1.807, 2.05) is 0 Å². The highest BCUT2D eigenvalue weighted by Crippen LogP contribution is 2.29. The molecule has 0 spiro atoms. The molecule has 27 heavy (non-hydrogen) atoms. The molecule has 0 bridgehead atoms. The van der Waals surface area contributed by atoms with E-state index < -0.39 is 10.0 Å². The Kier molecular flexibility index (Phi) is 6.81. The van der Waals surface area contributed by atoms with Crippen LogP contribution in [0, 0.1) is 5.92 Å². The molecule has 0 fully saturated rings. The van der Waals surface area contributed by atoms with E-state index >= 15 is 0 Å². The maximum atomic E-state index is 12.4. The lowest BCUT2D eigenvalue weighted by molar-refractivity contribution is 0.102. The van der Waals surface area contributed by atoms with Crippen molar-refractivity contribution in [2.24, 2.45) is 11.1 Å². The topological polar surface area (TPSA) is 108 Å². The number of benzene rings is 2. The number of carbonyl (C=O) groups is 1. The molecule has 0 saturated carbocycles. The Morgan fingerprint density at radius 3 is 2.33 bits per heavy atom. The van der Waals surface area contributed by atoms with Crippen LogP contribution >= 0.6 is 0 Å². The van der Waals surface area contributed by atoms with Crippen LogP contribution in [-0.2, 0) is 10.0 Å². The van der Waals surface area contributed by atoms with E-state index in [-0.39, 0.29) is 10.8 Å².